The zero-order chi connectivity index (χ0) is 49.7. The van der Waals surface area contributed by atoms with E-state index in [0.717, 1.165) is 23.5 Å². The smallest absolute Gasteiger partial charge is 0.0540 e. The molecule has 0 bridgehead atoms. The van der Waals surface area contributed by atoms with Crippen LogP contribution >= 0.6 is 11.3 Å². The molecule has 1 heterocycles. The SMILES string of the molecule is CC1CC=CC2=C1C(C)(C)c1cc(-c3ccccc3N(c3cccc(-c4cccc5c4sc4ccccc45)c3)c3ccccc3-c3cccc4cccc(-c5cc(C(C)(C)C)cc(C(C)(C)C)c5)c34)ccc12. The summed E-state index contributed by atoms with van der Waals surface area (Å²) in [6.07, 6.45) is 5.84. The quantitative estimate of drug-likeness (QED) is 0.154. The molecule has 354 valence electrons. The van der Waals surface area contributed by atoms with E-state index in [4.69, 9.17) is 0 Å². The fourth-order valence-electron chi connectivity index (χ4n) is 12.1. The van der Waals surface area contributed by atoms with Gasteiger partial charge in [0.1, 0.15) is 0 Å². The number of nitrogens with zero attached hydrogens (tertiary/aromatic N) is 1. The summed E-state index contributed by atoms with van der Waals surface area (Å²) in [5, 5.41) is 5.11. The molecule has 10 aromatic rings. The summed E-state index contributed by atoms with van der Waals surface area (Å²) in [6, 6.07) is 71.4. The molecule has 0 amide bonds. The lowest BCUT2D eigenvalue weighted by Crippen LogP contribution is -2.22. The second-order valence-electron chi connectivity index (χ2n) is 23.0. The van der Waals surface area contributed by atoms with Crippen LogP contribution in [0.4, 0.5) is 17.1 Å². The van der Waals surface area contributed by atoms with Crippen LogP contribution in [-0.2, 0) is 16.2 Å². The third kappa shape index (κ3) is 7.66. The van der Waals surface area contributed by atoms with Gasteiger partial charge >= 0.3 is 0 Å². The lowest BCUT2D eigenvalue weighted by molar-refractivity contribution is 0.530. The van der Waals surface area contributed by atoms with Crippen molar-refractivity contribution in [1.29, 1.82) is 0 Å². The molecule has 0 aliphatic heterocycles. The Labute approximate surface area is 430 Å². The second-order valence-corrected chi connectivity index (χ2v) is 24.0. The molecule has 1 aromatic heterocycles. The number of para-hydroxylation sites is 2. The highest BCUT2D eigenvalue weighted by Crippen LogP contribution is 2.54. The van der Waals surface area contributed by atoms with Gasteiger partial charge in [-0.3, -0.25) is 0 Å². The van der Waals surface area contributed by atoms with Crippen LogP contribution in [0.1, 0.15) is 91.0 Å². The number of fused-ring (bicyclic) bond motifs is 6. The highest BCUT2D eigenvalue weighted by Gasteiger charge is 2.40. The van der Waals surface area contributed by atoms with Crippen molar-refractivity contribution >= 4 is 64.9 Å². The minimum atomic E-state index is -0.0693. The average molecular weight is 950 g/mol. The van der Waals surface area contributed by atoms with E-state index in [2.05, 4.69) is 267 Å². The molecule has 2 heteroatoms. The first kappa shape index (κ1) is 45.9. The third-order valence-corrected chi connectivity index (χ3v) is 17.0. The highest BCUT2D eigenvalue weighted by atomic mass is 32.1. The standard InChI is InChI=1S/C70H63NS/c1-44-21-16-32-59-55-38-37-47(42-61(55)70(8,9)66(44)59)52-26-10-13-34-62(52)71(51-25-17-24-46(41-51)54-30-20-33-60-57-28-12-15-36-64(57)72-67(54)60)63-35-14-11-27-56(63)58-31-19-23-45-22-18-29-53(65(45)58)48-39-49(68(2,3)4)43-50(40-48)69(5,6)7/h10-20,22-44H,21H2,1-9H3. The van der Waals surface area contributed by atoms with Crippen molar-refractivity contribution in [3.05, 3.63) is 228 Å². The van der Waals surface area contributed by atoms with Gasteiger partial charge in [-0.1, -0.05) is 226 Å². The average Bonchev–Trinajstić information content (AvgIpc) is 3.88. The van der Waals surface area contributed by atoms with E-state index in [0.29, 0.717) is 5.92 Å². The fourth-order valence-corrected chi connectivity index (χ4v) is 13.4. The van der Waals surface area contributed by atoms with Gasteiger partial charge in [0.25, 0.3) is 0 Å². The number of rotatable bonds is 7. The summed E-state index contributed by atoms with van der Waals surface area (Å²) < 4.78 is 2.63. The predicted molar refractivity (Wildman–Crippen MR) is 314 cm³/mol. The highest BCUT2D eigenvalue weighted by molar-refractivity contribution is 7.26. The van der Waals surface area contributed by atoms with E-state index in [1.165, 1.54) is 103 Å². The number of hydrogen-bond donors (Lipinski definition) is 0. The lowest BCUT2D eigenvalue weighted by Gasteiger charge is -2.31. The molecule has 0 saturated carbocycles. The van der Waals surface area contributed by atoms with E-state index in [1.807, 2.05) is 11.3 Å². The van der Waals surface area contributed by atoms with Gasteiger partial charge in [0.2, 0.25) is 0 Å². The Morgan fingerprint density at radius 3 is 1.85 bits per heavy atom. The van der Waals surface area contributed by atoms with Crippen LogP contribution in [-0.4, -0.2) is 0 Å². The summed E-state index contributed by atoms with van der Waals surface area (Å²) in [5.74, 6) is 0.512. The molecular formula is C70H63NS. The maximum atomic E-state index is 2.55. The zero-order valence-electron chi connectivity index (χ0n) is 43.2. The molecule has 1 unspecified atom stereocenters. The number of thiophene rings is 1. The minimum Gasteiger partial charge on any atom is -0.309 e. The van der Waals surface area contributed by atoms with Gasteiger partial charge in [-0.2, -0.15) is 0 Å². The predicted octanol–water partition coefficient (Wildman–Crippen LogP) is 20.6. The molecule has 2 aliphatic rings. The fraction of sp³-hybridized carbons (Fsp3) is 0.200. The van der Waals surface area contributed by atoms with Gasteiger partial charge in [0.05, 0.1) is 11.4 Å². The number of benzene rings is 9. The van der Waals surface area contributed by atoms with E-state index < -0.39 is 0 Å². The van der Waals surface area contributed by atoms with Gasteiger partial charge in [0, 0.05) is 42.4 Å². The van der Waals surface area contributed by atoms with Gasteiger partial charge in [0.15, 0.2) is 0 Å². The van der Waals surface area contributed by atoms with Crippen LogP contribution in [0.15, 0.2) is 206 Å². The Bertz CT molecular complexity index is 3820. The Hall–Kier alpha value is -7.26. The molecule has 0 saturated heterocycles. The largest absolute Gasteiger partial charge is 0.309 e. The molecular weight excluding hydrogens is 887 g/mol. The van der Waals surface area contributed by atoms with Crippen molar-refractivity contribution in [1.82, 2.24) is 0 Å². The summed E-state index contributed by atoms with van der Waals surface area (Å²) in [7, 11) is 0. The Morgan fingerprint density at radius 1 is 0.500 bits per heavy atom. The number of allylic oxidation sites excluding steroid dienone is 4. The van der Waals surface area contributed by atoms with E-state index in [9.17, 15) is 0 Å². The summed E-state index contributed by atoms with van der Waals surface area (Å²) >= 11 is 1.89. The lowest BCUT2D eigenvalue weighted by atomic mass is 9.74. The summed E-state index contributed by atoms with van der Waals surface area (Å²) in [4.78, 5) is 2.55. The molecule has 2 aliphatic carbocycles. The summed E-state index contributed by atoms with van der Waals surface area (Å²) in [6.45, 7) is 21.3. The molecule has 12 rings (SSSR count). The minimum absolute atomic E-state index is 0.0130. The zero-order valence-corrected chi connectivity index (χ0v) is 44.0. The van der Waals surface area contributed by atoms with Gasteiger partial charge < -0.3 is 4.90 Å². The van der Waals surface area contributed by atoms with Crippen LogP contribution in [0.3, 0.4) is 0 Å². The van der Waals surface area contributed by atoms with Crippen LogP contribution in [0.2, 0.25) is 0 Å². The first-order valence-electron chi connectivity index (χ1n) is 25.9. The molecule has 72 heavy (non-hydrogen) atoms. The number of hydrogen-bond acceptors (Lipinski definition) is 2. The maximum Gasteiger partial charge on any atom is 0.0540 e. The van der Waals surface area contributed by atoms with Gasteiger partial charge in [-0.15, -0.1) is 11.3 Å². The second kappa shape index (κ2) is 17.2. The van der Waals surface area contributed by atoms with Crippen LogP contribution < -0.4 is 4.90 Å². The van der Waals surface area contributed by atoms with Gasteiger partial charge in [-0.25, -0.2) is 0 Å². The molecule has 1 atom stereocenters. The van der Waals surface area contributed by atoms with Crippen LogP contribution in [0.5, 0.6) is 0 Å². The molecule has 9 aromatic carbocycles. The van der Waals surface area contributed by atoms with Crippen molar-refractivity contribution in [2.75, 3.05) is 4.90 Å². The van der Waals surface area contributed by atoms with E-state index in [1.54, 1.807) is 5.57 Å². The first-order valence-corrected chi connectivity index (χ1v) is 26.7. The molecule has 0 fully saturated rings. The normalized spacial score (nSPS) is 15.4. The van der Waals surface area contributed by atoms with E-state index in [-0.39, 0.29) is 16.2 Å². The summed E-state index contributed by atoms with van der Waals surface area (Å²) in [5.41, 5.74) is 21.5. The van der Waals surface area contributed by atoms with E-state index >= 15 is 0 Å². The van der Waals surface area contributed by atoms with Crippen molar-refractivity contribution in [2.24, 2.45) is 5.92 Å². The molecule has 0 N–H and O–H groups in total. The Morgan fingerprint density at radius 2 is 1.10 bits per heavy atom. The van der Waals surface area contributed by atoms with Crippen LogP contribution in [0, 0.1) is 5.92 Å². The monoisotopic (exact) mass is 949 g/mol. The van der Waals surface area contributed by atoms with Gasteiger partial charge in [-0.05, 0) is 137 Å². The van der Waals surface area contributed by atoms with Crippen molar-refractivity contribution in [2.45, 2.75) is 85.0 Å². The topological polar surface area (TPSA) is 3.24 Å². The van der Waals surface area contributed by atoms with Crippen molar-refractivity contribution in [3.63, 3.8) is 0 Å². The van der Waals surface area contributed by atoms with Crippen molar-refractivity contribution in [3.8, 4) is 44.5 Å². The first-order chi connectivity index (χ1) is 34.6. The number of anilines is 3. The molecule has 0 spiro atoms. The van der Waals surface area contributed by atoms with Crippen molar-refractivity contribution < 1.29 is 0 Å². The maximum absolute atomic E-state index is 2.55. The Balaban J connectivity index is 1.10. The Kier molecular flexibility index (Phi) is 11.0. The molecule has 1 nitrogen and oxygen atoms in total. The third-order valence-electron chi connectivity index (χ3n) is 15.8. The molecule has 0 radical (unpaired) electrons. The van der Waals surface area contributed by atoms with Crippen LogP contribution in [0.25, 0.3) is 81.0 Å².